The van der Waals surface area contributed by atoms with Gasteiger partial charge in [-0.1, -0.05) is 36.9 Å². The van der Waals surface area contributed by atoms with Gasteiger partial charge in [0.25, 0.3) is 0 Å². The third-order valence-electron chi connectivity index (χ3n) is 5.33. The Morgan fingerprint density at radius 1 is 1.20 bits per heavy atom. The fourth-order valence-electron chi connectivity index (χ4n) is 3.89. The monoisotopic (exact) mass is 384 g/mol. The molecule has 25 heavy (non-hydrogen) atoms. The van der Waals surface area contributed by atoms with E-state index in [1.807, 2.05) is 0 Å². The Balaban J connectivity index is 1.93. The highest BCUT2D eigenvalue weighted by atomic mass is 35.5. The van der Waals surface area contributed by atoms with E-state index in [0.29, 0.717) is 24.4 Å². The highest BCUT2D eigenvalue weighted by molar-refractivity contribution is 7.93. The largest absolute Gasteiger partial charge is 0.351 e. The predicted octanol–water partition coefficient (Wildman–Crippen LogP) is 2.68. The van der Waals surface area contributed by atoms with E-state index in [-0.39, 0.29) is 16.8 Å². The van der Waals surface area contributed by atoms with Gasteiger partial charge < -0.3 is 10.6 Å². The van der Waals surface area contributed by atoms with Crippen LogP contribution in [0.15, 0.2) is 29.2 Å². The normalized spacial score (nSPS) is 23.8. The summed E-state index contributed by atoms with van der Waals surface area (Å²) in [5.41, 5.74) is 0. The molecule has 1 aromatic carbocycles. The van der Waals surface area contributed by atoms with E-state index in [1.54, 1.807) is 12.1 Å². The first kappa shape index (κ1) is 18.7. The van der Waals surface area contributed by atoms with E-state index in [9.17, 15) is 13.2 Å². The van der Waals surface area contributed by atoms with Gasteiger partial charge in [-0.2, -0.15) is 0 Å². The molecule has 1 aliphatic carbocycles. The molecule has 1 heterocycles. The molecule has 1 amide bonds. The van der Waals surface area contributed by atoms with Gasteiger partial charge in [0.15, 0.2) is 14.6 Å². The van der Waals surface area contributed by atoms with Gasteiger partial charge in [0.2, 0.25) is 5.91 Å². The molecular weight excluding hydrogens is 360 g/mol. The van der Waals surface area contributed by atoms with Crippen LogP contribution in [-0.4, -0.2) is 38.2 Å². The zero-order chi connectivity index (χ0) is 17.9. The summed E-state index contributed by atoms with van der Waals surface area (Å²) >= 11 is 6.00. The van der Waals surface area contributed by atoms with Crippen molar-refractivity contribution in [2.24, 2.45) is 0 Å². The smallest absolute Gasteiger partial charge is 0.242 e. The Morgan fingerprint density at radius 3 is 2.60 bits per heavy atom. The van der Waals surface area contributed by atoms with Crippen molar-refractivity contribution in [2.45, 2.75) is 60.6 Å². The lowest BCUT2D eigenvalue weighted by Crippen LogP contribution is -2.57. The number of benzene rings is 1. The number of nitrogens with one attached hydrogen (secondary N) is 2. The molecule has 2 aliphatic rings. The second-order valence-electron chi connectivity index (χ2n) is 7.03. The summed E-state index contributed by atoms with van der Waals surface area (Å²) in [6.07, 6.45) is 5.06. The Bertz CT molecular complexity index is 724. The van der Waals surface area contributed by atoms with Crippen LogP contribution in [0.25, 0.3) is 0 Å². The van der Waals surface area contributed by atoms with Gasteiger partial charge in [0.05, 0.1) is 4.90 Å². The number of sulfone groups is 1. The van der Waals surface area contributed by atoms with Gasteiger partial charge in [-0.15, -0.1) is 0 Å². The lowest BCUT2D eigenvalue weighted by molar-refractivity contribution is -0.125. The fourth-order valence-corrected chi connectivity index (χ4v) is 6.27. The molecule has 0 unspecified atom stereocenters. The van der Waals surface area contributed by atoms with Crippen LogP contribution in [0, 0.1) is 0 Å². The van der Waals surface area contributed by atoms with Crippen molar-refractivity contribution < 1.29 is 13.2 Å². The first-order valence-corrected chi connectivity index (χ1v) is 10.8. The van der Waals surface area contributed by atoms with Crippen molar-refractivity contribution in [3.8, 4) is 0 Å². The molecule has 0 radical (unpaired) electrons. The minimum atomic E-state index is -3.81. The molecule has 3 rings (SSSR count). The van der Waals surface area contributed by atoms with Gasteiger partial charge in [0.1, 0.15) is 0 Å². The number of hydrogen-bond donors (Lipinski definition) is 2. The summed E-state index contributed by atoms with van der Waals surface area (Å²) in [7, 11) is -3.81. The topological polar surface area (TPSA) is 75.3 Å². The zero-order valence-corrected chi connectivity index (χ0v) is 15.8. The minimum Gasteiger partial charge on any atom is -0.351 e. The molecule has 7 heteroatoms. The first-order chi connectivity index (χ1) is 12.0. The van der Waals surface area contributed by atoms with Crippen LogP contribution in [0.4, 0.5) is 0 Å². The number of halogens is 1. The van der Waals surface area contributed by atoms with Crippen molar-refractivity contribution in [1.82, 2.24) is 10.6 Å². The maximum Gasteiger partial charge on any atom is 0.242 e. The zero-order valence-electron chi connectivity index (χ0n) is 14.3. The summed E-state index contributed by atoms with van der Waals surface area (Å²) in [5.74, 6) is -0.346. The second kappa shape index (κ2) is 7.64. The molecule has 0 aromatic heterocycles. The number of piperidine rings is 1. The van der Waals surface area contributed by atoms with Crippen LogP contribution < -0.4 is 10.6 Å². The average Bonchev–Trinajstić information content (AvgIpc) is 2.63. The van der Waals surface area contributed by atoms with Crippen LogP contribution in [0.5, 0.6) is 0 Å². The van der Waals surface area contributed by atoms with Gasteiger partial charge in [0, 0.05) is 17.6 Å². The summed E-state index contributed by atoms with van der Waals surface area (Å²) in [6, 6.07) is 6.24. The predicted molar refractivity (Wildman–Crippen MR) is 98.5 cm³/mol. The first-order valence-electron chi connectivity index (χ1n) is 8.98. The van der Waals surface area contributed by atoms with E-state index in [4.69, 9.17) is 11.6 Å². The maximum atomic E-state index is 13.4. The molecule has 1 aromatic rings. The third-order valence-corrected chi connectivity index (χ3v) is 8.06. The lowest BCUT2D eigenvalue weighted by atomic mass is 9.87. The van der Waals surface area contributed by atoms with Gasteiger partial charge in [-0.25, -0.2) is 8.42 Å². The third kappa shape index (κ3) is 3.71. The number of carbonyl (C=O) groups is 1. The van der Waals surface area contributed by atoms with E-state index in [1.165, 1.54) is 12.1 Å². The number of carbonyl (C=O) groups excluding carboxylic acids is 1. The van der Waals surface area contributed by atoms with Crippen molar-refractivity contribution in [3.05, 3.63) is 29.3 Å². The fraction of sp³-hybridized carbons (Fsp3) is 0.611. The van der Waals surface area contributed by atoms with Crippen LogP contribution in [0.2, 0.25) is 5.02 Å². The minimum absolute atomic E-state index is 0.00499. The molecule has 1 saturated carbocycles. The van der Waals surface area contributed by atoms with Crippen molar-refractivity contribution >= 4 is 27.3 Å². The van der Waals surface area contributed by atoms with Gasteiger partial charge in [-0.3, -0.25) is 4.79 Å². The number of amides is 1. The molecule has 0 spiro atoms. The van der Waals surface area contributed by atoms with Crippen LogP contribution in [-0.2, 0) is 14.6 Å². The summed E-state index contributed by atoms with van der Waals surface area (Å²) < 4.78 is 25.4. The highest BCUT2D eigenvalue weighted by Gasteiger charge is 2.52. The molecule has 2 fully saturated rings. The van der Waals surface area contributed by atoms with Crippen molar-refractivity contribution in [1.29, 1.82) is 0 Å². The van der Waals surface area contributed by atoms with Crippen LogP contribution in [0.1, 0.15) is 44.9 Å². The summed E-state index contributed by atoms with van der Waals surface area (Å²) in [4.78, 5) is 13.3. The molecule has 5 nitrogen and oxygen atoms in total. The molecule has 0 bridgehead atoms. The van der Waals surface area contributed by atoms with E-state index in [0.717, 1.165) is 38.6 Å². The number of rotatable bonds is 4. The Labute approximate surface area is 154 Å². The van der Waals surface area contributed by atoms with Crippen LogP contribution >= 0.6 is 11.6 Å². The van der Waals surface area contributed by atoms with E-state index in [2.05, 4.69) is 10.6 Å². The van der Waals surface area contributed by atoms with Crippen molar-refractivity contribution in [2.75, 3.05) is 13.1 Å². The molecule has 2 N–H and O–H groups in total. The average molecular weight is 385 g/mol. The molecule has 138 valence electrons. The van der Waals surface area contributed by atoms with Crippen LogP contribution in [0.3, 0.4) is 0 Å². The number of hydrogen-bond acceptors (Lipinski definition) is 4. The molecule has 1 saturated heterocycles. The Kier molecular flexibility index (Phi) is 5.71. The molecular formula is C18H25ClN2O3S. The summed E-state index contributed by atoms with van der Waals surface area (Å²) in [6.45, 7) is 1.64. The lowest BCUT2D eigenvalue weighted by Gasteiger charge is -2.37. The van der Waals surface area contributed by atoms with Gasteiger partial charge in [-0.05, 0) is 50.4 Å². The van der Waals surface area contributed by atoms with Crippen molar-refractivity contribution in [3.63, 3.8) is 0 Å². The Morgan fingerprint density at radius 2 is 1.96 bits per heavy atom. The maximum absolute atomic E-state index is 13.4. The standard InChI is InChI=1S/C18H25ClN2O3S/c19-14-6-4-8-16(12-14)25(23,24)18(9-2-1-3-10-18)17(22)21-15-7-5-11-20-13-15/h4,6,8,12,15,20H,1-3,5,7,9-11,13H2,(H,21,22)/t15-/m1/s1. The molecule has 1 atom stereocenters. The molecule has 1 aliphatic heterocycles. The van der Waals surface area contributed by atoms with Gasteiger partial charge >= 0.3 is 0 Å². The highest BCUT2D eigenvalue weighted by Crippen LogP contribution is 2.40. The SMILES string of the molecule is O=C(N[C@@H]1CCCNC1)C1(S(=O)(=O)c2cccc(Cl)c2)CCCCC1. The van der Waals surface area contributed by atoms with E-state index >= 15 is 0 Å². The van der Waals surface area contributed by atoms with E-state index < -0.39 is 14.6 Å². The Hall–Kier alpha value is -1.11. The second-order valence-corrected chi connectivity index (χ2v) is 9.73. The quantitative estimate of drug-likeness (QED) is 0.836. The summed E-state index contributed by atoms with van der Waals surface area (Å²) in [5, 5.41) is 6.62.